The number of rotatable bonds is 0. The lowest BCUT2D eigenvalue weighted by atomic mass is 9.73. The fourth-order valence-corrected chi connectivity index (χ4v) is 2.70. The van der Waals surface area contributed by atoms with Crippen molar-refractivity contribution in [3.63, 3.8) is 0 Å². The molecule has 4 nitrogen and oxygen atoms in total. The predicted octanol–water partition coefficient (Wildman–Crippen LogP) is 2.33. The molecule has 0 spiro atoms. The van der Waals surface area contributed by atoms with E-state index in [9.17, 15) is 44.7 Å². The summed E-state index contributed by atoms with van der Waals surface area (Å²) in [5, 5.41) is 0. The molecule has 138 valence electrons. The third kappa shape index (κ3) is 1.80. The predicted molar refractivity (Wildman–Crippen MR) is 67.3 cm³/mol. The van der Waals surface area contributed by atoms with Crippen molar-refractivity contribution < 1.29 is 44.7 Å². The van der Waals surface area contributed by atoms with E-state index >= 15 is 0 Å². The van der Waals surface area contributed by atoms with E-state index < -0.39 is 80.3 Å². The highest BCUT2D eigenvalue weighted by molar-refractivity contribution is 6.29. The van der Waals surface area contributed by atoms with Crippen LogP contribution in [0, 0.1) is 23.3 Å². The quantitative estimate of drug-likeness (QED) is 0.311. The second kappa shape index (κ2) is 4.98. The molecule has 0 heterocycles. The maximum absolute atomic E-state index is 14.6. The Balaban J connectivity index is 2.49. The molecule has 2 atom stereocenters. The Hall–Kier alpha value is -2.60. The Morgan fingerprint density at radius 1 is 0.654 bits per heavy atom. The van der Waals surface area contributed by atoms with Crippen molar-refractivity contribution in [2.24, 2.45) is 11.5 Å². The van der Waals surface area contributed by atoms with E-state index in [1.807, 2.05) is 0 Å². The van der Waals surface area contributed by atoms with Gasteiger partial charge in [0.05, 0.1) is 22.3 Å². The Bertz CT molecular complexity index is 993. The molecule has 1 aromatic carbocycles. The summed E-state index contributed by atoms with van der Waals surface area (Å²) in [4.78, 5) is 24.4. The Morgan fingerprint density at radius 2 is 1.08 bits per heavy atom. The smallest absolute Gasteiger partial charge is 0.265 e. The molecule has 26 heavy (non-hydrogen) atoms. The number of benzene rings is 1. The van der Waals surface area contributed by atoms with Gasteiger partial charge in [0.15, 0.2) is 40.7 Å². The second-order valence-corrected chi connectivity index (χ2v) is 5.47. The molecule has 0 aliphatic heterocycles. The third-order valence-corrected chi connectivity index (χ3v) is 4.05. The lowest BCUT2D eigenvalue weighted by molar-refractivity contribution is -0.00143. The van der Waals surface area contributed by atoms with E-state index in [1.54, 1.807) is 0 Å². The van der Waals surface area contributed by atoms with Crippen LogP contribution >= 0.6 is 0 Å². The lowest BCUT2D eigenvalue weighted by Crippen LogP contribution is -2.65. The molecule has 0 fully saturated rings. The lowest BCUT2D eigenvalue weighted by Gasteiger charge is -2.39. The molecule has 0 saturated carbocycles. The number of carbonyl (C=O) groups excluding carboxylic acids is 2. The second-order valence-electron chi connectivity index (χ2n) is 5.47. The van der Waals surface area contributed by atoms with Crippen molar-refractivity contribution in [1.29, 1.82) is 0 Å². The zero-order chi connectivity index (χ0) is 19.9. The Kier molecular flexibility index (Phi) is 3.48. The topological polar surface area (TPSA) is 86.2 Å². The average molecular weight is 384 g/mol. The van der Waals surface area contributed by atoms with Crippen LogP contribution in [-0.4, -0.2) is 23.2 Å². The zero-order valence-electron chi connectivity index (χ0n) is 12.0. The molecule has 2 aliphatic carbocycles. The fourth-order valence-electron chi connectivity index (χ4n) is 2.70. The van der Waals surface area contributed by atoms with Gasteiger partial charge in [-0.05, 0) is 0 Å². The van der Waals surface area contributed by atoms with Crippen LogP contribution in [0.2, 0.25) is 0 Å². The first-order chi connectivity index (χ1) is 11.8. The van der Waals surface area contributed by atoms with Gasteiger partial charge < -0.3 is 0 Å². The van der Waals surface area contributed by atoms with E-state index in [1.165, 1.54) is 0 Å². The molecule has 0 saturated heterocycles. The van der Waals surface area contributed by atoms with Gasteiger partial charge in [-0.2, -0.15) is 0 Å². The van der Waals surface area contributed by atoms with E-state index in [0.29, 0.717) is 0 Å². The number of halogens is 8. The van der Waals surface area contributed by atoms with Crippen LogP contribution in [0.25, 0.3) is 0 Å². The number of fused-ring (bicyclic) bond motifs is 1. The Morgan fingerprint density at radius 3 is 1.54 bits per heavy atom. The summed E-state index contributed by atoms with van der Waals surface area (Å²) in [6.07, 6.45) is 0. The minimum absolute atomic E-state index is 1.83. The molecule has 4 N–H and O–H groups in total. The van der Waals surface area contributed by atoms with Gasteiger partial charge >= 0.3 is 0 Å². The molecule has 0 radical (unpaired) electrons. The Labute approximate surface area is 137 Å². The van der Waals surface area contributed by atoms with Crippen molar-refractivity contribution in [2.75, 3.05) is 0 Å². The van der Waals surface area contributed by atoms with Crippen molar-refractivity contribution in [3.05, 3.63) is 57.2 Å². The number of hydrogen-bond acceptors (Lipinski definition) is 4. The van der Waals surface area contributed by atoms with Crippen molar-refractivity contribution >= 4 is 11.6 Å². The normalized spacial score (nSPS) is 28.5. The first-order valence-electron chi connectivity index (χ1n) is 6.50. The third-order valence-electron chi connectivity index (χ3n) is 4.05. The van der Waals surface area contributed by atoms with Gasteiger partial charge in [0, 0.05) is 0 Å². The number of alkyl halides is 2. The van der Waals surface area contributed by atoms with E-state index in [0.717, 1.165) is 0 Å². The summed E-state index contributed by atoms with van der Waals surface area (Å²) < 4.78 is 111. The van der Waals surface area contributed by atoms with Gasteiger partial charge in [-0.15, -0.1) is 0 Å². The summed E-state index contributed by atoms with van der Waals surface area (Å²) in [6.45, 7) is 0. The highest BCUT2D eigenvalue weighted by atomic mass is 19.2. The van der Waals surface area contributed by atoms with Crippen LogP contribution in [0.5, 0.6) is 0 Å². The van der Waals surface area contributed by atoms with Gasteiger partial charge in [-0.1, -0.05) is 0 Å². The molecule has 2 aliphatic rings. The zero-order valence-corrected chi connectivity index (χ0v) is 12.0. The number of ketones is 2. The van der Waals surface area contributed by atoms with Crippen LogP contribution in [0.1, 0.15) is 20.7 Å². The van der Waals surface area contributed by atoms with Crippen molar-refractivity contribution in [1.82, 2.24) is 0 Å². The summed E-state index contributed by atoms with van der Waals surface area (Å²) >= 11 is 0. The minimum Gasteiger partial charge on any atom is -0.291 e. The molecule has 1 aromatic rings. The molecule has 0 bridgehead atoms. The largest absolute Gasteiger partial charge is 0.291 e. The number of hydrogen-bond donors (Lipinski definition) is 2. The minimum atomic E-state index is -4.50. The van der Waals surface area contributed by atoms with Crippen LogP contribution in [0.4, 0.5) is 35.1 Å². The average Bonchev–Trinajstić information content (AvgIpc) is 2.56. The van der Waals surface area contributed by atoms with Crippen LogP contribution in [-0.2, 0) is 0 Å². The maximum Gasteiger partial charge on any atom is 0.265 e. The molecule has 2 unspecified atom stereocenters. The highest BCUT2D eigenvalue weighted by Crippen LogP contribution is 2.49. The molecule has 12 heteroatoms. The number of carbonyl (C=O) groups is 2. The van der Waals surface area contributed by atoms with E-state index in [2.05, 4.69) is 5.73 Å². The summed E-state index contributed by atoms with van der Waals surface area (Å²) in [5.74, 6) is -28.5. The maximum atomic E-state index is 14.6. The first-order valence-corrected chi connectivity index (χ1v) is 6.50. The monoisotopic (exact) mass is 384 g/mol. The highest BCUT2D eigenvalue weighted by Gasteiger charge is 2.64. The van der Waals surface area contributed by atoms with Gasteiger partial charge in [-0.3, -0.25) is 21.1 Å². The van der Waals surface area contributed by atoms with Gasteiger partial charge in [0.25, 0.3) is 5.79 Å². The van der Waals surface area contributed by atoms with Crippen LogP contribution in [0.15, 0.2) is 22.8 Å². The number of nitrogens with two attached hydrogens (primary N) is 2. The van der Waals surface area contributed by atoms with E-state index in [-0.39, 0.29) is 0 Å². The number of allylic oxidation sites excluding steroid dienone is 2. The van der Waals surface area contributed by atoms with E-state index in [4.69, 9.17) is 5.73 Å². The SMILES string of the molecule is NC1(F)C(F)=C(F)C2=C(C(=O)c3c(F)c(F)c(F)c(F)c3C2=O)C1(N)F. The first kappa shape index (κ1) is 18.2. The molecule has 0 amide bonds. The fraction of sp³-hybridized carbons (Fsp3) is 0.143. The summed E-state index contributed by atoms with van der Waals surface area (Å²) in [7, 11) is 0. The molecule has 0 aromatic heterocycles. The van der Waals surface area contributed by atoms with Crippen LogP contribution in [0.3, 0.4) is 0 Å². The van der Waals surface area contributed by atoms with Gasteiger partial charge in [-0.25, -0.2) is 35.1 Å². The summed E-state index contributed by atoms with van der Waals surface area (Å²) in [6, 6.07) is 0. The summed E-state index contributed by atoms with van der Waals surface area (Å²) in [5.41, 5.74) is 1.82. The standard InChI is InChI=1S/C14H4F8N2O2/c15-5-1-2(6(16)9(19)8(5)18)11(26)4-3(10(1)25)7(17)12(20)14(22,24)13(4,21)23/h23-24H2. The van der Waals surface area contributed by atoms with Crippen molar-refractivity contribution in [2.45, 2.75) is 11.6 Å². The number of Topliss-reactive ketones (excluding diaryl/α,β-unsaturated/α-hetero) is 2. The van der Waals surface area contributed by atoms with Crippen LogP contribution < -0.4 is 11.5 Å². The van der Waals surface area contributed by atoms with Gasteiger partial charge in [0.2, 0.25) is 11.6 Å². The van der Waals surface area contributed by atoms with Crippen molar-refractivity contribution in [3.8, 4) is 0 Å². The molecular formula is C14H4F8N2O2. The van der Waals surface area contributed by atoms with Gasteiger partial charge in [0.1, 0.15) is 0 Å². The molecule has 3 rings (SSSR count). The molecular weight excluding hydrogens is 380 g/mol.